The number of nitrogens with zero attached hydrogens (tertiary/aromatic N) is 4. The summed E-state index contributed by atoms with van der Waals surface area (Å²) in [4.78, 5) is 38.8. The molecule has 2 aliphatic heterocycles. The number of likely N-dealkylation sites (N-methyl/N-ethyl adjacent to an activating group) is 2. The molecule has 3 aromatic carbocycles. The van der Waals surface area contributed by atoms with Gasteiger partial charge in [-0.1, -0.05) is 0 Å². The molecule has 0 radical (unpaired) electrons. The number of hydrogen-bond acceptors (Lipinski definition) is 7. The molecule has 3 aromatic rings. The Morgan fingerprint density at radius 2 is 1.22 bits per heavy atom. The summed E-state index contributed by atoms with van der Waals surface area (Å²) in [6.45, 7) is 3.39. The molecular formula is C28H29N7O2. The summed E-state index contributed by atoms with van der Waals surface area (Å²) >= 11 is 0. The number of nitrogens with one attached hydrogen (secondary N) is 2. The third-order valence-electron chi connectivity index (χ3n) is 6.48. The number of hydrogen-bond donors (Lipinski definition) is 3. The van der Waals surface area contributed by atoms with Gasteiger partial charge in [-0.3, -0.25) is 19.6 Å². The van der Waals surface area contributed by atoms with Gasteiger partial charge in [0.25, 0.3) is 11.8 Å². The number of anilines is 3. The van der Waals surface area contributed by atoms with E-state index in [0.717, 1.165) is 49.0 Å². The lowest BCUT2D eigenvalue weighted by atomic mass is 10.1. The average molecular weight is 496 g/mol. The van der Waals surface area contributed by atoms with Crippen LogP contribution >= 0.6 is 0 Å². The fraction of sp³-hybridized carbons (Fsp3) is 0.214. The third kappa shape index (κ3) is 5.16. The van der Waals surface area contributed by atoms with E-state index in [1.165, 1.54) is 6.07 Å². The molecule has 37 heavy (non-hydrogen) atoms. The van der Waals surface area contributed by atoms with Crippen LogP contribution in [0.2, 0.25) is 0 Å². The maximum Gasteiger partial charge on any atom is 0.257 e. The molecule has 9 heteroatoms. The van der Waals surface area contributed by atoms with E-state index in [1.54, 1.807) is 12.1 Å². The van der Waals surface area contributed by atoms with Crippen LogP contribution in [-0.2, 0) is 0 Å². The molecule has 188 valence electrons. The van der Waals surface area contributed by atoms with E-state index in [4.69, 9.17) is 5.73 Å². The Hall–Kier alpha value is -4.66. The summed E-state index contributed by atoms with van der Waals surface area (Å²) in [6.07, 6.45) is 0. The fourth-order valence-electron chi connectivity index (χ4n) is 4.41. The lowest BCUT2D eigenvalue weighted by Crippen LogP contribution is -2.23. The fourth-order valence-corrected chi connectivity index (χ4v) is 4.41. The van der Waals surface area contributed by atoms with Gasteiger partial charge in [-0.05, 0) is 66.7 Å². The zero-order valence-corrected chi connectivity index (χ0v) is 20.9. The maximum atomic E-state index is 12.8. The Morgan fingerprint density at radius 1 is 0.730 bits per heavy atom. The van der Waals surface area contributed by atoms with E-state index in [-0.39, 0.29) is 17.5 Å². The van der Waals surface area contributed by atoms with Crippen molar-refractivity contribution in [3.05, 3.63) is 89.0 Å². The van der Waals surface area contributed by atoms with Crippen molar-refractivity contribution >= 4 is 40.5 Å². The van der Waals surface area contributed by atoms with Gasteiger partial charge in [-0.15, -0.1) is 0 Å². The summed E-state index contributed by atoms with van der Waals surface area (Å²) in [5.74, 6) is 1.24. The topological polar surface area (TPSA) is 115 Å². The summed E-state index contributed by atoms with van der Waals surface area (Å²) in [6, 6.07) is 19.8. The zero-order chi connectivity index (χ0) is 25.9. The normalized spacial score (nSPS) is 14.9. The zero-order valence-electron chi connectivity index (χ0n) is 20.9. The molecule has 0 saturated heterocycles. The van der Waals surface area contributed by atoms with E-state index < -0.39 is 0 Å². The Balaban J connectivity index is 1.22. The molecule has 0 aliphatic carbocycles. The highest BCUT2D eigenvalue weighted by atomic mass is 16.2. The molecule has 0 fully saturated rings. The first-order valence-electron chi connectivity index (χ1n) is 12.1. The van der Waals surface area contributed by atoms with Crippen LogP contribution in [0.5, 0.6) is 0 Å². The first kappa shape index (κ1) is 24.1. The molecule has 2 aliphatic rings. The van der Waals surface area contributed by atoms with Crippen molar-refractivity contribution < 1.29 is 9.59 Å². The van der Waals surface area contributed by atoms with Crippen LogP contribution in [0.25, 0.3) is 0 Å². The van der Waals surface area contributed by atoms with Crippen molar-refractivity contribution in [2.24, 2.45) is 9.98 Å². The van der Waals surface area contributed by atoms with Crippen molar-refractivity contribution in [3.63, 3.8) is 0 Å². The van der Waals surface area contributed by atoms with Crippen LogP contribution in [0, 0.1) is 0 Å². The van der Waals surface area contributed by atoms with Gasteiger partial charge in [0, 0.05) is 60.9 Å². The Kier molecular flexibility index (Phi) is 6.59. The average Bonchev–Trinajstić information content (AvgIpc) is 3.52. The number of benzene rings is 3. The molecule has 0 bridgehead atoms. The number of carbonyl (C=O) groups excluding carboxylic acids is 2. The second-order valence-electron chi connectivity index (χ2n) is 9.12. The molecule has 5 rings (SSSR count). The van der Waals surface area contributed by atoms with Crippen LogP contribution in [0.15, 0.2) is 76.7 Å². The molecule has 0 atom stereocenters. The van der Waals surface area contributed by atoms with Gasteiger partial charge in [0.1, 0.15) is 11.7 Å². The second kappa shape index (κ2) is 10.1. The van der Waals surface area contributed by atoms with Crippen LogP contribution in [-0.4, -0.2) is 73.6 Å². The van der Waals surface area contributed by atoms with E-state index >= 15 is 0 Å². The van der Waals surface area contributed by atoms with Gasteiger partial charge in [-0.25, -0.2) is 0 Å². The van der Waals surface area contributed by atoms with Gasteiger partial charge in [0.2, 0.25) is 0 Å². The largest absolute Gasteiger partial charge is 0.398 e. The SMILES string of the molecule is CN1CCN=C1c1ccc(NC(=O)c2ccc(C(=O)Nc3ccc(C4=NCCN4C)cc3)c(N)c2)cc1. The van der Waals surface area contributed by atoms with Gasteiger partial charge < -0.3 is 26.2 Å². The van der Waals surface area contributed by atoms with Crippen molar-refractivity contribution in [1.82, 2.24) is 9.80 Å². The monoisotopic (exact) mass is 495 g/mol. The molecular weight excluding hydrogens is 466 g/mol. The quantitative estimate of drug-likeness (QED) is 0.455. The molecule has 9 nitrogen and oxygen atoms in total. The summed E-state index contributed by atoms with van der Waals surface area (Å²) in [5.41, 5.74) is 10.4. The lowest BCUT2D eigenvalue weighted by Gasteiger charge is -2.14. The van der Waals surface area contributed by atoms with Crippen LogP contribution in [0.3, 0.4) is 0 Å². The highest BCUT2D eigenvalue weighted by Gasteiger charge is 2.17. The smallest absolute Gasteiger partial charge is 0.257 e. The van der Waals surface area contributed by atoms with Crippen LogP contribution < -0.4 is 16.4 Å². The number of nitrogens with two attached hydrogens (primary N) is 1. The molecule has 2 amide bonds. The highest BCUT2D eigenvalue weighted by molar-refractivity contribution is 6.10. The lowest BCUT2D eigenvalue weighted by molar-refractivity contribution is 0.101. The first-order chi connectivity index (χ1) is 17.9. The minimum atomic E-state index is -0.345. The number of amidine groups is 2. The molecule has 0 saturated carbocycles. The van der Waals surface area contributed by atoms with Crippen molar-refractivity contribution in [2.75, 3.05) is 56.6 Å². The Morgan fingerprint density at radius 3 is 1.65 bits per heavy atom. The predicted molar refractivity (Wildman–Crippen MR) is 148 cm³/mol. The Bertz CT molecular complexity index is 1400. The number of aliphatic imine (C=N–C) groups is 2. The van der Waals surface area contributed by atoms with Gasteiger partial charge in [0.05, 0.1) is 18.7 Å². The first-order valence-corrected chi connectivity index (χ1v) is 12.1. The molecule has 0 aromatic heterocycles. The standard InChI is InChI=1S/C28H29N7O2/c1-34-15-13-30-25(34)18-3-8-21(9-4-18)32-27(36)20-7-12-23(24(29)17-20)28(37)33-22-10-5-19(6-11-22)26-31-14-16-35(26)2/h3-12,17H,13-16,29H2,1-2H3,(H,32,36)(H,33,37). The summed E-state index contributed by atoms with van der Waals surface area (Å²) < 4.78 is 0. The number of carbonyl (C=O) groups is 2. The van der Waals surface area contributed by atoms with Gasteiger partial charge >= 0.3 is 0 Å². The van der Waals surface area contributed by atoms with E-state index in [1.807, 2.05) is 62.6 Å². The van der Waals surface area contributed by atoms with Crippen molar-refractivity contribution in [3.8, 4) is 0 Å². The van der Waals surface area contributed by atoms with E-state index in [2.05, 4.69) is 30.4 Å². The minimum absolute atomic E-state index is 0.223. The highest BCUT2D eigenvalue weighted by Crippen LogP contribution is 2.20. The van der Waals surface area contributed by atoms with Crippen molar-refractivity contribution in [2.45, 2.75) is 0 Å². The van der Waals surface area contributed by atoms with Crippen LogP contribution in [0.4, 0.5) is 17.1 Å². The second-order valence-corrected chi connectivity index (χ2v) is 9.12. The number of nitrogen functional groups attached to an aromatic ring is 1. The number of amides is 2. The third-order valence-corrected chi connectivity index (χ3v) is 6.48. The summed E-state index contributed by atoms with van der Waals surface area (Å²) in [5, 5.41) is 5.73. The maximum absolute atomic E-state index is 12.8. The van der Waals surface area contributed by atoms with Crippen LogP contribution in [0.1, 0.15) is 31.8 Å². The van der Waals surface area contributed by atoms with E-state index in [0.29, 0.717) is 22.5 Å². The van der Waals surface area contributed by atoms with Gasteiger partial charge in [0.15, 0.2) is 0 Å². The molecule has 0 unspecified atom stereocenters. The van der Waals surface area contributed by atoms with E-state index in [9.17, 15) is 9.59 Å². The van der Waals surface area contributed by atoms with Crippen molar-refractivity contribution in [1.29, 1.82) is 0 Å². The number of rotatable bonds is 6. The molecule has 4 N–H and O–H groups in total. The summed E-state index contributed by atoms with van der Waals surface area (Å²) in [7, 11) is 4.02. The van der Waals surface area contributed by atoms with Gasteiger partial charge in [-0.2, -0.15) is 0 Å². The molecule has 2 heterocycles. The Labute approximate surface area is 215 Å². The minimum Gasteiger partial charge on any atom is -0.398 e. The predicted octanol–water partition coefficient (Wildman–Crippen LogP) is 3.16. The molecule has 0 spiro atoms.